The van der Waals surface area contributed by atoms with Crippen LogP contribution in [-0.2, 0) is 11.3 Å². The standard InChI is InChI=1S/C12H21N3O3/c1-9(2)8-18-12(17)11-10(3)15(14-13-11)6-4-5-7-16/h9,16H,4-8H2,1-3H3. The van der Waals surface area contributed by atoms with E-state index in [9.17, 15) is 4.79 Å². The summed E-state index contributed by atoms with van der Waals surface area (Å²) < 4.78 is 6.78. The molecular weight excluding hydrogens is 234 g/mol. The summed E-state index contributed by atoms with van der Waals surface area (Å²) in [7, 11) is 0. The van der Waals surface area contributed by atoms with Gasteiger partial charge in [0.25, 0.3) is 0 Å². The first kappa shape index (κ1) is 14.6. The van der Waals surface area contributed by atoms with Crippen LogP contribution >= 0.6 is 0 Å². The molecule has 0 bridgehead atoms. The van der Waals surface area contributed by atoms with E-state index in [1.807, 2.05) is 13.8 Å². The van der Waals surface area contributed by atoms with Crippen molar-refractivity contribution in [2.45, 2.75) is 40.2 Å². The molecule has 1 aromatic rings. The average molecular weight is 255 g/mol. The molecule has 0 radical (unpaired) electrons. The van der Waals surface area contributed by atoms with Gasteiger partial charge in [0.15, 0.2) is 5.69 Å². The van der Waals surface area contributed by atoms with Gasteiger partial charge in [-0.05, 0) is 25.7 Å². The van der Waals surface area contributed by atoms with Crippen molar-refractivity contribution < 1.29 is 14.6 Å². The zero-order valence-corrected chi connectivity index (χ0v) is 11.2. The van der Waals surface area contributed by atoms with Crippen LogP contribution in [0.15, 0.2) is 0 Å². The van der Waals surface area contributed by atoms with E-state index >= 15 is 0 Å². The summed E-state index contributed by atoms with van der Waals surface area (Å²) in [5, 5.41) is 16.5. The van der Waals surface area contributed by atoms with Gasteiger partial charge in [-0.2, -0.15) is 0 Å². The lowest BCUT2D eigenvalue weighted by molar-refractivity contribution is 0.0451. The molecule has 18 heavy (non-hydrogen) atoms. The Morgan fingerprint density at radius 2 is 2.17 bits per heavy atom. The monoisotopic (exact) mass is 255 g/mol. The third-order valence-corrected chi connectivity index (χ3v) is 2.50. The Balaban J connectivity index is 2.59. The quantitative estimate of drug-likeness (QED) is 0.584. The van der Waals surface area contributed by atoms with Crippen LogP contribution in [0.1, 0.15) is 42.9 Å². The molecule has 0 aromatic carbocycles. The van der Waals surface area contributed by atoms with Gasteiger partial charge in [-0.3, -0.25) is 0 Å². The lowest BCUT2D eigenvalue weighted by Gasteiger charge is -2.06. The summed E-state index contributed by atoms with van der Waals surface area (Å²) in [6.45, 7) is 6.95. The maximum atomic E-state index is 11.7. The smallest absolute Gasteiger partial charge is 0.360 e. The lowest BCUT2D eigenvalue weighted by Crippen LogP contribution is -2.12. The minimum atomic E-state index is -0.422. The van der Waals surface area contributed by atoms with Crippen molar-refractivity contribution in [2.24, 2.45) is 5.92 Å². The number of aliphatic hydroxyl groups is 1. The highest BCUT2D eigenvalue weighted by Gasteiger charge is 2.17. The van der Waals surface area contributed by atoms with Gasteiger partial charge >= 0.3 is 5.97 Å². The molecule has 0 amide bonds. The van der Waals surface area contributed by atoms with Crippen LogP contribution in [0.4, 0.5) is 0 Å². The Morgan fingerprint density at radius 1 is 1.44 bits per heavy atom. The van der Waals surface area contributed by atoms with Gasteiger partial charge in [0.1, 0.15) is 0 Å². The first-order valence-corrected chi connectivity index (χ1v) is 6.24. The summed E-state index contributed by atoms with van der Waals surface area (Å²) in [5.74, 6) is -0.122. The molecule has 1 N–H and O–H groups in total. The summed E-state index contributed by atoms with van der Waals surface area (Å²) in [4.78, 5) is 11.7. The third-order valence-electron chi connectivity index (χ3n) is 2.50. The Morgan fingerprint density at radius 3 is 2.78 bits per heavy atom. The third kappa shape index (κ3) is 4.10. The predicted octanol–water partition coefficient (Wildman–Crippen LogP) is 1.17. The highest BCUT2D eigenvalue weighted by atomic mass is 16.5. The van der Waals surface area contributed by atoms with Crippen molar-refractivity contribution in [2.75, 3.05) is 13.2 Å². The Bertz CT molecular complexity index is 388. The summed E-state index contributed by atoms with van der Waals surface area (Å²) >= 11 is 0. The highest BCUT2D eigenvalue weighted by Crippen LogP contribution is 2.08. The number of carbonyl (C=O) groups is 1. The molecule has 1 aromatic heterocycles. The van der Waals surface area contributed by atoms with Gasteiger partial charge in [-0.15, -0.1) is 5.10 Å². The number of aryl methyl sites for hydroxylation is 1. The second-order valence-corrected chi connectivity index (χ2v) is 4.67. The number of aliphatic hydroxyl groups excluding tert-OH is 1. The average Bonchev–Trinajstić information content (AvgIpc) is 2.68. The van der Waals surface area contributed by atoms with E-state index in [-0.39, 0.29) is 12.3 Å². The summed E-state index contributed by atoms with van der Waals surface area (Å²) in [6, 6.07) is 0. The first-order valence-electron chi connectivity index (χ1n) is 6.24. The minimum Gasteiger partial charge on any atom is -0.461 e. The number of aromatic nitrogens is 3. The maximum absolute atomic E-state index is 11.7. The van der Waals surface area contributed by atoms with Crippen LogP contribution in [0.25, 0.3) is 0 Å². The molecule has 0 unspecified atom stereocenters. The van der Waals surface area contributed by atoms with Gasteiger partial charge in [-0.1, -0.05) is 19.1 Å². The molecule has 0 atom stereocenters. The normalized spacial score (nSPS) is 10.9. The number of carbonyl (C=O) groups excluding carboxylic acids is 1. The second kappa shape index (κ2) is 7.10. The zero-order valence-electron chi connectivity index (χ0n) is 11.2. The van der Waals surface area contributed by atoms with E-state index in [4.69, 9.17) is 9.84 Å². The number of ether oxygens (including phenoxy) is 1. The largest absolute Gasteiger partial charge is 0.461 e. The molecule has 6 heteroatoms. The molecule has 1 heterocycles. The Labute approximate surface area is 107 Å². The summed E-state index contributed by atoms with van der Waals surface area (Å²) in [6.07, 6.45) is 1.52. The van der Waals surface area contributed by atoms with E-state index in [1.54, 1.807) is 11.6 Å². The predicted molar refractivity (Wildman–Crippen MR) is 66.2 cm³/mol. The van der Waals surface area contributed by atoms with Crippen LogP contribution < -0.4 is 0 Å². The van der Waals surface area contributed by atoms with E-state index in [1.165, 1.54) is 0 Å². The van der Waals surface area contributed by atoms with Crippen molar-refractivity contribution in [3.05, 3.63) is 11.4 Å². The van der Waals surface area contributed by atoms with Crippen molar-refractivity contribution in [3.8, 4) is 0 Å². The SMILES string of the molecule is Cc1c(C(=O)OCC(C)C)nnn1CCCCO. The Kier molecular flexibility index (Phi) is 5.77. The lowest BCUT2D eigenvalue weighted by atomic mass is 10.2. The van der Waals surface area contributed by atoms with Gasteiger partial charge in [0, 0.05) is 13.2 Å². The van der Waals surface area contributed by atoms with Crippen LogP contribution in [0.2, 0.25) is 0 Å². The van der Waals surface area contributed by atoms with Crippen LogP contribution in [0, 0.1) is 12.8 Å². The molecule has 0 saturated carbocycles. The Hall–Kier alpha value is -1.43. The van der Waals surface area contributed by atoms with Gasteiger partial charge in [-0.25, -0.2) is 9.48 Å². The van der Waals surface area contributed by atoms with Crippen molar-refractivity contribution >= 4 is 5.97 Å². The molecule has 6 nitrogen and oxygen atoms in total. The van der Waals surface area contributed by atoms with Gasteiger partial charge < -0.3 is 9.84 Å². The van der Waals surface area contributed by atoms with E-state index in [0.717, 1.165) is 6.42 Å². The molecule has 102 valence electrons. The van der Waals surface area contributed by atoms with E-state index in [2.05, 4.69) is 10.3 Å². The van der Waals surface area contributed by atoms with Crippen LogP contribution in [-0.4, -0.2) is 39.3 Å². The number of nitrogens with zero attached hydrogens (tertiary/aromatic N) is 3. The molecule has 0 aliphatic rings. The minimum absolute atomic E-state index is 0.164. The fourth-order valence-corrected chi connectivity index (χ4v) is 1.45. The molecular formula is C12H21N3O3. The molecule has 1 rings (SSSR count). The highest BCUT2D eigenvalue weighted by molar-refractivity contribution is 5.88. The molecule has 0 aliphatic heterocycles. The summed E-state index contributed by atoms with van der Waals surface area (Å²) in [5.41, 5.74) is 0.987. The molecule has 0 saturated heterocycles. The topological polar surface area (TPSA) is 77.2 Å². The number of unbranched alkanes of at least 4 members (excludes halogenated alkanes) is 1. The van der Waals surface area contributed by atoms with E-state index < -0.39 is 5.97 Å². The maximum Gasteiger partial charge on any atom is 0.360 e. The molecule has 0 fully saturated rings. The van der Waals surface area contributed by atoms with Crippen LogP contribution in [0.5, 0.6) is 0 Å². The number of rotatable bonds is 7. The number of hydrogen-bond acceptors (Lipinski definition) is 5. The fourth-order valence-electron chi connectivity index (χ4n) is 1.45. The van der Waals surface area contributed by atoms with Crippen molar-refractivity contribution in [1.29, 1.82) is 0 Å². The van der Waals surface area contributed by atoms with Crippen molar-refractivity contribution in [3.63, 3.8) is 0 Å². The van der Waals surface area contributed by atoms with Gasteiger partial charge in [0.2, 0.25) is 0 Å². The second-order valence-electron chi connectivity index (χ2n) is 4.67. The number of esters is 1. The molecule has 0 spiro atoms. The molecule has 0 aliphatic carbocycles. The zero-order chi connectivity index (χ0) is 13.5. The number of hydrogen-bond donors (Lipinski definition) is 1. The fraction of sp³-hybridized carbons (Fsp3) is 0.750. The van der Waals surface area contributed by atoms with Crippen molar-refractivity contribution in [1.82, 2.24) is 15.0 Å². The first-order chi connectivity index (χ1) is 8.56. The van der Waals surface area contributed by atoms with E-state index in [0.29, 0.717) is 31.2 Å². The van der Waals surface area contributed by atoms with Gasteiger partial charge in [0.05, 0.1) is 12.3 Å². The van der Waals surface area contributed by atoms with Crippen LogP contribution in [0.3, 0.4) is 0 Å².